The molecule has 0 aliphatic carbocycles. The van der Waals surface area contributed by atoms with E-state index in [0.29, 0.717) is 15.6 Å². The van der Waals surface area contributed by atoms with E-state index in [1.807, 2.05) is 25.1 Å². The van der Waals surface area contributed by atoms with Gasteiger partial charge in [0, 0.05) is 9.50 Å². The Bertz CT molecular complexity index is 680. The fraction of sp³-hybridized carbons (Fsp3) is 0.133. The van der Waals surface area contributed by atoms with Crippen LogP contribution in [0.2, 0.25) is 10.0 Å². The van der Waals surface area contributed by atoms with Gasteiger partial charge in [-0.05, 0) is 42.8 Å². The van der Waals surface area contributed by atoms with Crippen molar-refractivity contribution in [3.8, 4) is 6.07 Å². The Morgan fingerprint density at radius 2 is 1.90 bits per heavy atom. The van der Waals surface area contributed by atoms with Gasteiger partial charge in [0.15, 0.2) is 0 Å². The highest BCUT2D eigenvalue weighted by molar-refractivity contribution is 9.10. The first-order valence-electron chi connectivity index (χ1n) is 5.92. The van der Waals surface area contributed by atoms with Gasteiger partial charge in [-0.1, -0.05) is 45.2 Å². The molecule has 2 nitrogen and oxygen atoms in total. The number of rotatable bonds is 3. The van der Waals surface area contributed by atoms with E-state index in [1.54, 1.807) is 18.2 Å². The summed E-state index contributed by atoms with van der Waals surface area (Å²) >= 11 is 15.8. The lowest BCUT2D eigenvalue weighted by molar-refractivity contribution is 0.885. The van der Waals surface area contributed by atoms with Gasteiger partial charge in [-0.15, -0.1) is 0 Å². The number of halogens is 3. The standard InChI is InChI=1S/C15H11BrCl2N2/c1-9(12-4-3-11(16)7-13(12)17)20-15-5-2-10(8-19)6-14(15)18/h2-7,9,20H,1H3. The Labute approximate surface area is 136 Å². The second kappa shape index (κ2) is 6.49. The van der Waals surface area contributed by atoms with Crippen molar-refractivity contribution in [3.05, 3.63) is 62.0 Å². The van der Waals surface area contributed by atoms with Gasteiger partial charge in [0.1, 0.15) is 0 Å². The maximum absolute atomic E-state index is 8.82. The van der Waals surface area contributed by atoms with Gasteiger partial charge in [-0.3, -0.25) is 0 Å². The van der Waals surface area contributed by atoms with Crippen LogP contribution in [0.5, 0.6) is 0 Å². The van der Waals surface area contributed by atoms with Gasteiger partial charge in [0.2, 0.25) is 0 Å². The minimum absolute atomic E-state index is 0.000959. The zero-order chi connectivity index (χ0) is 14.7. The SMILES string of the molecule is CC(Nc1ccc(C#N)cc1Cl)c1ccc(Br)cc1Cl. The van der Waals surface area contributed by atoms with E-state index in [1.165, 1.54) is 0 Å². The molecule has 102 valence electrons. The lowest BCUT2D eigenvalue weighted by atomic mass is 10.1. The molecule has 0 radical (unpaired) electrons. The highest BCUT2D eigenvalue weighted by Gasteiger charge is 2.11. The summed E-state index contributed by atoms with van der Waals surface area (Å²) < 4.78 is 0.940. The van der Waals surface area contributed by atoms with Crippen molar-refractivity contribution in [2.75, 3.05) is 5.32 Å². The first-order chi connectivity index (χ1) is 9.51. The number of nitrogens with zero attached hydrogens (tertiary/aromatic N) is 1. The fourth-order valence-electron chi connectivity index (χ4n) is 1.87. The smallest absolute Gasteiger partial charge is 0.0992 e. The van der Waals surface area contributed by atoms with Crippen molar-refractivity contribution in [3.63, 3.8) is 0 Å². The van der Waals surface area contributed by atoms with Crippen LogP contribution in [0.25, 0.3) is 0 Å². The second-order valence-corrected chi connectivity index (χ2v) is 6.07. The van der Waals surface area contributed by atoms with Crippen LogP contribution in [0.4, 0.5) is 5.69 Å². The maximum Gasteiger partial charge on any atom is 0.0992 e. The van der Waals surface area contributed by atoms with E-state index < -0.39 is 0 Å². The topological polar surface area (TPSA) is 35.8 Å². The molecule has 0 fully saturated rings. The zero-order valence-corrected chi connectivity index (χ0v) is 13.7. The highest BCUT2D eigenvalue weighted by atomic mass is 79.9. The van der Waals surface area contributed by atoms with Gasteiger partial charge < -0.3 is 5.32 Å². The summed E-state index contributed by atoms with van der Waals surface area (Å²) in [4.78, 5) is 0. The van der Waals surface area contributed by atoms with Crippen molar-refractivity contribution in [2.45, 2.75) is 13.0 Å². The molecule has 0 saturated heterocycles. The summed E-state index contributed by atoms with van der Waals surface area (Å²) in [5, 5.41) is 13.3. The van der Waals surface area contributed by atoms with Gasteiger partial charge in [0.05, 0.1) is 28.4 Å². The predicted molar refractivity (Wildman–Crippen MR) is 87.4 cm³/mol. The molecule has 1 unspecified atom stereocenters. The maximum atomic E-state index is 8.82. The molecule has 0 aromatic heterocycles. The Kier molecular flexibility index (Phi) is 4.93. The van der Waals surface area contributed by atoms with Crippen LogP contribution in [0, 0.1) is 11.3 Å². The van der Waals surface area contributed by atoms with E-state index >= 15 is 0 Å². The molecule has 1 atom stereocenters. The van der Waals surface area contributed by atoms with Crippen molar-refractivity contribution >= 4 is 44.8 Å². The molecule has 0 heterocycles. The summed E-state index contributed by atoms with van der Waals surface area (Å²) in [5.74, 6) is 0. The van der Waals surface area contributed by atoms with E-state index in [4.69, 9.17) is 28.5 Å². The largest absolute Gasteiger partial charge is 0.377 e. The van der Waals surface area contributed by atoms with Crippen LogP contribution in [0.15, 0.2) is 40.9 Å². The Hall–Kier alpha value is -1.21. The minimum Gasteiger partial charge on any atom is -0.377 e. The summed E-state index contributed by atoms with van der Waals surface area (Å²) in [6.45, 7) is 2.00. The van der Waals surface area contributed by atoms with Gasteiger partial charge in [0.25, 0.3) is 0 Å². The Morgan fingerprint density at radius 3 is 2.50 bits per heavy atom. The Balaban J connectivity index is 2.23. The average Bonchev–Trinajstić information content (AvgIpc) is 2.40. The third kappa shape index (κ3) is 3.46. The molecule has 0 bridgehead atoms. The van der Waals surface area contributed by atoms with Crippen molar-refractivity contribution in [1.29, 1.82) is 5.26 Å². The highest BCUT2D eigenvalue weighted by Crippen LogP contribution is 2.31. The monoisotopic (exact) mass is 368 g/mol. The Morgan fingerprint density at radius 1 is 1.15 bits per heavy atom. The number of benzene rings is 2. The molecule has 0 spiro atoms. The van der Waals surface area contributed by atoms with E-state index in [0.717, 1.165) is 15.7 Å². The summed E-state index contributed by atoms with van der Waals surface area (Å²) in [5.41, 5.74) is 2.29. The molecule has 5 heteroatoms. The predicted octanol–water partition coefficient (Wildman–Crippen LogP) is 5.80. The molecule has 0 amide bonds. The zero-order valence-electron chi connectivity index (χ0n) is 10.6. The number of nitriles is 1. The molecule has 0 aliphatic rings. The molecular weight excluding hydrogens is 359 g/mol. The summed E-state index contributed by atoms with van der Waals surface area (Å²) in [7, 11) is 0. The van der Waals surface area contributed by atoms with Crippen LogP contribution < -0.4 is 5.32 Å². The molecule has 2 aromatic carbocycles. The molecule has 0 aliphatic heterocycles. The van der Waals surface area contributed by atoms with Crippen LogP contribution in [0.3, 0.4) is 0 Å². The first-order valence-corrected chi connectivity index (χ1v) is 7.47. The third-order valence-corrected chi connectivity index (χ3v) is 4.03. The minimum atomic E-state index is 0.000959. The van der Waals surface area contributed by atoms with Crippen molar-refractivity contribution in [1.82, 2.24) is 0 Å². The van der Waals surface area contributed by atoms with E-state index in [2.05, 4.69) is 27.3 Å². The quantitative estimate of drug-likeness (QED) is 0.741. The van der Waals surface area contributed by atoms with Crippen LogP contribution in [0.1, 0.15) is 24.1 Å². The van der Waals surface area contributed by atoms with Crippen LogP contribution in [-0.4, -0.2) is 0 Å². The summed E-state index contributed by atoms with van der Waals surface area (Å²) in [6, 6.07) is 13.0. The number of hydrogen-bond acceptors (Lipinski definition) is 2. The van der Waals surface area contributed by atoms with E-state index in [9.17, 15) is 0 Å². The molecule has 2 rings (SSSR count). The van der Waals surface area contributed by atoms with Crippen LogP contribution >= 0.6 is 39.1 Å². The normalized spacial score (nSPS) is 11.8. The van der Waals surface area contributed by atoms with Crippen molar-refractivity contribution < 1.29 is 0 Å². The molecule has 1 N–H and O–H groups in total. The second-order valence-electron chi connectivity index (χ2n) is 4.34. The number of hydrogen-bond donors (Lipinski definition) is 1. The van der Waals surface area contributed by atoms with Crippen molar-refractivity contribution in [2.24, 2.45) is 0 Å². The first kappa shape index (κ1) is 15.2. The third-order valence-electron chi connectivity index (χ3n) is 2.90. The lowest BCUT2D eigenvalue weighted by Gasteiger charge is -2.18. The van der Waals surface area contributed by atoms with Crippen LogP contribution in [-0.2, 0) is 0 Å². The summed E-state index contributed by atoms with van der Waals surface area (Å²) in [6.07, 6.45) is 0. The number of nitrogens with one attached hydrogen (secondary N) is 1. The van der Waals surface area contributed by atoms with Gasteiger partial charge >= 0.3 is 0 Å². The van der Waals surface area contributed by atoms with Gasteiger partial charge in [-0.25, -0.2) is 0 Å². The number of anilines is 1. The molecular formula is C15H11BrCl2N2. The molecule has 20 heavy (non-hydrogen) atoms. The fourth-order valence-corrected chi connectivity index (χ4v) is 2.94. The molecule has 2 aromatic rings. The molecule has 0 saturated carbocycles. The average molecular weight is 370 g/mol. The van der Waals surface area contributed by atoms with E-state index in [-0.39, 0.29) is 6.04 Å². The van der Waals surface area contributed by atoms with Gasteiger partial charge in [-0.2, -0.15) is 5.26 Å². The lowest BCUT2D eigenvalue weighted by Crippen LogP contribution is -2.07.